The predicted molar refractivity (Wildman–Crippen MR) is 96.0 cm³/mol. The molecule has 3 aromatic heterocycles. The average Bonchev–Trinajstić information content (AvgIpc) is 3.18. The number of hydrogen-bond acceptors (Lipinski definition) is 4. The molecule has 0 aliphatic carbocycles. The summed E-state index contributed by atoms with van der Waals surface area (Å²) < 4.78 is 5.46. The summed E-state index contributed by atoms with van der Waals surface area (Å²) in [5.41, 5.74) is 4.01. The molecule has 0 fully saturated rings. The Hall–Kier alpha value is -3.06. The Morgan fingerprint density at radius 2 is 2.08 bits per heavy atom. The highest BCUT2D eigenvalue weighted by Gasteiger charge is 2.20. The quantitative estimate of drug-likeness (QED) is 0.525. The van der Waals surface area contributed by atoms with E-state index in [4.69, 9.17) is 16.3 Å². The molecule has 0 spiro atoms. The minimum Gasteiger partial charge on any atom is -0.494 e. The number of H-pyrrole nitrogens is 3. The number of pyridine rings is 1. The number of benzene rings is 1. The molecule has 0 saturated carbocycles. The third kappa shape index (κ3) is 2.49. The largest absolute Gasteiger partial charge is 0.494 e. The highest BCUT2D eigenvalue weighted by Crippen LogP contribution is 2.40. The van der Waals surface area contributed by atoms with E-state index < -0.39 is 0 Å². The van der Waals surface area contributed by atoms with Gasteiger partial charge in [-0.3, -0.25) is 4.98 Å². The molecule has 4 aromatic rings. The maximum Gasteiger partial charge on any atom is 0.323 e. The van der Waals surface area contributed by atoms with Gasteiger partial charge in [0.2, 0.25) is 0 Å². The molecule has 7 nitrogen and oxygen atoms in total. The summed E-state index contributed by atoms with van der Waals surface area (Å²) in [6.45, 7) is 1.93. The number of rotatable bonds is 3. The molecule has 0 radical (unpaired) electrons. The van der Waals surface area contributed by atoms with Crippen LogP contribution >= 0.6 is 11.6 Å². The van der Waals surface area contributed by atoms with E-state index in [1.807, 2.05) is 19.1 Å². The van der Waals surface area contributed by atoms with Crippen molar-refractivity contribution in [2.24, 2.45) is 0 Å². The summed E-state index contributed by atoms with van der Waals surface area (Å²) in [4.78, 5) is 29.0. The van der Waals surface area contributed by atoms with E-state index in [0.717, 1.165) is 17.0 Å². The number of fused-ring (bicyclic) bond motifs is 1. The van der Waals surface area contributed by atoms with Gasteiger partial charge in [0, 0.05) is 23.7 Å². The van der Waals surface area contributed by atoms with Gasteiger partial charge in [-0.15, -0.1) is 0 Å². The minimum atomic E-state index is -0.331. The second-order valence-electron chi connectivity index (χ2n) is 5.57. The first-order valence-corrected chi connectivity index (χ1v) is 7.92. The van der Waals surface area contributed by atoms with Crippen LogP contribution in [0.5, 0.6) is 5.75 Å². The molecule has 4 rings (SSSR count). The van der Waals surface area contributed by atoms with E-state index in [-0.39, 0.29) is 5.69 Å². The lowest BCUT2D eigenvalue weighted by Gasteiger charge is -2.09. The Morgan fingerprint density at radius 1 is 1.24 bits per heavy atom. The van der Waals surface area contributed by atoms with Gasteiger partial charge in [-0.2, -0.15) is 0 Å². The molecule has 0 unspecified atom stereocenters. The fourth-order valence-corrected chi connectivity index (χ4v) is 3.20. The van der Waals surface area contributed by atoms with E-state index in [0.29, 0.717) is 33.2 Å². The molecule has 25 heavy (non-hydrogen) atoms. The summed E-state index contributed by atoms with van der Waals surface area (Å²) in [5.74, 6) is 1.04. The number of imidazole rings is 2. The standard InChI is InChI=1S/C17H14ClN5O2/c1-8-13(9-4-3-5-19-7-9)22-16(20-8)10-6-11-14(23-17(24)21-11)12(18)15(10)25-2/h3-7H,1-2H3,(H,20,22)(H2,21,23,24). The first-order valence-electron chi connectivity index (χ1n) is 7.54. The summed E-state index contributed by atoms with van der Waals surface area (Å²) in [5, 5.41) is 0.324. The molecule has 0 aliphatic heterocycles. The number of nitrogens with one attached hydrogen (secondary N) is 3. The van der Waals surface area contributed by atoms with Gasteiger partial charge in [0.1, 0.15) is 10.8 Å². The molecular formula is C17H14ClN5O2. The molecule has 3 N–H and O–H groups in total. The van der Waals surface area contributed by atoms with Crippen molar-refractivity contribution in [2.45, 2.75) is 6.92 Å². The van der Waals surface area contributed by atoms with Gasteiger partial charge >= 0.3 is 5.69 Å². The van der Waals surface area contributed by atoms with Crippen molar-refractivity contribution < 1.29 is 4.74 Å². The van der Waals surface area contributed by atoms with Crippen LogP contribution in [0.15, 0.2) is 35.4 Å². The van der Waals surface area contributed by atoms with E-state index in [1.54, 1.807) is 18.5 Å². The number of halogens is 1. The first-order chi connectivity index (χ1) is 12.1. The van der Waals surface area contributed by atoms with Crippen LogP contribution in [0.4, 0.5) is 0 Å². The summed E-state index contributed by atoms with van der Waals surface area (Å²) in [7, 11) is 1.53. The molecule has 0 bridgehead atoms. The third-order valence-electron chi connectivity index (χ3n) is 3.99. The Labute approximate surface area is 147 Å². The number of hydrogen-bond donors (Lipinski definition) is 3. The molecule has 0 aliphatic rings. The van der Waals surface area contributed by atoms with Gasteiger partial charge in [0.15, 0.2) is 5.75 Å². The Balaban J connectivity index is 1.95. The van der Waals surface area contributed by atoms with Crippen molar-refractivity contribution in [3.63, 3.8) is 0 Å². The van der Waals surface area contributed by atoms with Crippen LogP contribution in [0.1, 0.15) is 5.69 Å². The highest BCUT2D eigenvalue weighted by molar-refractivity contribution is 6.37. The lowest BCUT2D eigenvalue weighted by Crippen LogP contribution is -1.99. The van der Waals surface area contributed by atoms with Crippen molar-refractivity contribution in [1.82, 2.24) is 24.9 Å². The van der Waals surface area contributed by atoms with Crippen molar-refractivity contribution in [1.29, 1.82) is 0 Å². The molecule has 1 aromatic carbocycles. The topological polar surface area (TPSA) is 99.4 Å². The van der Waals surface area contributed by atoms with E-state index in [1.165, 1.54) is 7.11 Å². The normalized spacial score (nSPS) is 11.2. The number of aryl methyl sites for hydroxylation is 1. The lowest BCUT2D eigenvalue weighted by atomic mass is 10.1. The van der Waals surface area contributed by atoms with Crippen LogP contribution in [0.2, 0.25) is 5.02 Å². The van der Waals surface area contributed by atoms with Crippen LogP contribution in [-0.4, -0.2) is 32.0 Å². The Bertz CT molecular complexity index is 1130. The molecule has 0 amide bonds. The number of aromatic nitrogens is 5. The van der Waals surface area contributed by atoms with Gasteiger partial charge in [-0.25, -0.2) is 9.78 Å². The van der Waals surface area contributed by atoms with Gasteiger partial charge < -0.3 is 19.7 Å². The van der Waals surface area contributed by atoms with Crippen molar-refractivity contribution in [3.05, 3.63) is 51.8 Å². The van der Waals surface area contributed by atoms with Crippen LogP contribution in [0.3, 0.4) is 0 Å². The smallest absolute Gasteiger partial charge is 0.323 e. The maximum absolute atomic E-state index is 11.6. The lowest BCUT2D eigenvalue weighted by molar-refractivity contribution is 0.417. The zero-order valence-corrected chi connectivity index (χ0v) is 14.2. The van der Waals surface area contributed by atoms with E-state index >= 15 is 0 Å². The second-order valence-corrected chi connectivity index (χ2v) is 5.95. The Kier molecular flexibility index (Phi) is 3.58. The summed E-state index contributed by atoms with van der Waals surface area (Å²) in [6, 6.07) is 5.58. The summed E-state index contributed by atoms with van der Waals surface area (Å²) in [6.07, 6.45) is 3.47. The zero-order valence-electron chi connectivity index (χ0n) is 13.5. The fourth-order valence-electron chi connectivity index (χ4n) is 2.87. The molecule has 0 saturated heterocycles. The maximum atomic E-state index is 11.6. The molecular weight excluding hydrogens is 342 g/mol. The van der Waals surface area contributed by atoms with Crippen molar-refractivity contribution in [3.8, 4) is 28.4 Å². The SMILES string of the molecule is COc1c(-c2nc(-c3cccnc3)c(C)[nH]2)cc2[nH]c(=O)[nH]c2c1Cl. The van der Waals surface area contributed by atoms with Crippen LogP contribution in [0, 0.1) is 6.92 Å². The zero-order chi connectivity index (χ0) is 17.6. The van der Waals surface area contributed by atoms with Gasteiger partial charge in [-0.05, 0) is 25.1 Å². The summed E-state index contributed by atoms with van der Waals surface area (Å²) >= 11 is 6.41. The van der Waals surface area contributed by atoms with Crippen molar-refractivity contribution >= 4 is 22.6 Å². The minimum absolute atomic E-state index is 0.324. The van der Waals surface area contributed by atoms with Crippen LogP contribution in [0.25, 0.3) is 33.7 Å². The highest BCUT2D eigenvalue weighted by atomic mass is 35.5. The van der Waals surface area contributed by atoms with Gasteiger partial charge in [0.05, 0.1) is 29.4 Å². The monoisotopic (exact) mass is 355 g/mol. The van der Waals surface area contributed by atoms with E-state index in [2.05, 4.69) is 24.9 Å². The van der Waals surface area contributed by atoms with E-state index in [9.17, 15) is 4.79 Å². The van der Waals surface area contributed by atoms with Crippen molar-refractivity contribution in [2.75, 3.05) is 7.11 Å². The third-order valence-corrected chi connectivity index (χ3v) is 4.35. The van der Waals surface area contributed by atoms with Gasteiger partial charge in [0.25, 0.3) is 0 Å². The molecule has 0 atom stereocenters. The predicted octanol–water partition coefficient (Wildman–Crippen LogP) is 3.28. The number of nitrogens with zero attached hydrogens (tertiary/aromatic N) is 2. The number of methoxy groups -OCH3 is 1. The van der Waals surface area contributed by atoms with Crippen LogP contribution < -0.4 is 10.4 Å². The van der Waals surface area contributed by atoms with Gasteiger partial charge in [-0.1, -0.05) is 11.6 Å². The number of aromatic amines is 3. The first kappa shape index (κ1) is 15.5. The molecule has 8 heteroatoms. The van der Waals surface area contributed by atoms with Crippen LogP contribution in [-0.2, 0) is 0 Å². The Morgan fingerprint density at radius 3 is 2.80 bits per heavy atom. The second kappa shape index (κ2) is 5.78. The molecule has 126 valence electrons. The fraction of sp³-hybridized carbons (Fsp3) is 0.118. The average molecular weight is 356 g/mol. The number of ether oxygens (including phenoxy) is 1. The molecule has 3 heterocycles.